The van der Waals surface area contributed by atoms with Gasteiger partial charge in [-0.05, 0) is 37.0 Å². The molecule has 0 radical (unpaired) electrons. The molecule has 1 N–H and O–H groups in total. The van der Waals surface area contributed by atoms with E-state index in [0.717, 1.165) is 12.0 Å². The average Bonchev–Trinajstić information content (AvgIpc) is 3.10. The molecule has 0 spiro atoms. The van der Waals surface area contributed by atoms with Gasteiger partial charge in [-0.15, -0.1) is 0 Å². The van der Waals surface area contributed by atoms with Crippen LogP contribution in [0, 0.1) is 6.92 Å². The number of aromatic nitrogens is 1. The molecular weight excluding hydrogens is 344 g/mol. The first-order valence-corrected chi connectivity index (χ1v) is 8.64. The van der Waals surface area contributed by atoms with Gasteiger partial charge in [0, 0.05) is 6.07 Å². The molecule has 6 nitrogen and oxygen atoms in total. The predicted molar refractivity (Wildman–Crippen MR) is 100 cm³/mol. The van der Waals surface area contributed by atoms with E-state index >= 15 is 0 Å². The summed E-state index contributed by atoms with van der Waals surface area (Å²) in [7, 11) is 0. The zero-order chi connectivity index (χ0) is 19.1. The molecule has 0 aliphatic heterocycles. The normalized spacial score (nSPS) is 10.4. The molecule has 0 atom stereocenters. The number of amides is 1. The number of nitrogens with zero attached hydrogens (tertiary/aromatic N) is 1. The lowest BCUT2D eigenvalue weighted by molar-refractivity contribution is -0.119. The van der Waals surface area contributed by atoms with Crippen LogP contribution in [0.3, 0.4) is 0 Å². The zero-order valence-electron chi connectivity index (χ0n) is 15.0. The number of hydrogen-bond acceptors (Lipinski definition) is 5. The molecule has 0 unspecified atom stereocenters. The number of hydrogen-bond donors (Lipinski definition) is 1. The third-order valence-corrected chi connectivity index (χ3v) is 3.99. The number of benzene rings is 2. The van der Waals surface area contributed by atoms with E-state index in [9.17, 15) is 9.59 Å². The first-order valence-electron chi connectivity index (χ1n) is 8.64. The van der Waals surface area contributed by atoms with E-state index in [2.05, 4.69) is 22.6 Å². The lowest BCUT2D eigenvalue weighted by Gasteiger charge is -2.09. The van der Waals surface area contributed by atoms with Crippen molar-refractivity contribution in [2.45, 2.75) is 19.8 Å². The van der Waals surface area contributed by atoms with Crippen molar-refractivity contribution in [3.05, 3.63) is 83.0 Å². The Bertz CT molecular complexity index is 919. The molecule has 0 fully saturated rings. The van der Waals surface area contributed by atoms with Gasteiger partial charge in [-0.25, -0.2) is 4.79 Å². The SMILES string of the molecule is Cc1cc(NC(=O)COC(=O)c2ccccc2CCc2ccccc2)on1. The number of carbonyl (C=O) groups is 2. The van der Waals surface area contributed by atoms with E-state index in [1.54, 1.807) is 25.1 Å². The standard InChI is InChI=1S/C21H20N2O4/c1-15-13-20(27-23-15)22-19(24)14-26-21(25)18-10-6-5-9-17(18)12-11-16-7-3-2-4-8-16/h2-10,13H,11-12,14H2,1H3,(H,22,24). The minimum atomic E-state index is -0.525. The summed E-state index contributed by atoms with van der Waals surface area (Å²) in [6.45, 7) is 1.34. The number of aryl methyl sites for hydroxylation is 3. The molecule has 0 bridgehead atoms. The molecule has 2 aromatic carbocycles. The topological polar surface area (TPSA) is 81.4 Å². The number of nitrogens with one attached hydrogen (secondary N) is 1. The van der Waals surface area contributed by atoms with Gasteiger partial charge in [0.05, 0.1) is 11.3 Å². The zero-order valence-corrected chi connectivity index (χ0v) is 15.0. The fourth-order valence-corrected chi connectivity index (χ4v) is 2.67. The first-order chi connectivity index (χ1) is 13.1. The van der Waals surface area contributed by atoms with Crippen molar-refractivity contribution in [3.63, 3.8) is 0 Å². The second kappa shape index (κ2) is 8.80. The number of anilines is 1. The maximum absolute atomic E-state index is 12.4. The molecule has 1 aromatic heterocycles. The van der Waals surface area contributed by atoms with E-state index in [-0.39, 0.29) is 5.88 Å². The summed E-state index contributed by atoms with van der Waals surface area (Å²) in [5.41, 5.74) is 3.20. The van der Waals surface area contributed by atoms with Gasteiger partial charge in [-0.1, -0.05) is 53.7 Å². The molecule has 0 saturated heterocycles. The minimum absolute atomic E-state index is 0.219. The number of carbonyl (C=O) groups excluding carboxylic acids is 2. The molecule has 3 rings (SSSR count). The summed E-state index contributed by atoms with van der Waals surface area (Å²) in [6, 6.07) is 18.9. The lowest BCUT2D eigenvalue weighted by Crippen LogP contribution is -2.21. The highest BCUT2D eigenvalue weighted by Gasteiger charge is 2.15. The maximum atomic E-state index is 12.4. The third kappa shape index (κ3) is 5.28. The fraction of sp³-hybridized carbons (Fsp3) is 0.190. The average molecular weight is 364 g/mol. The van der Waals surface area contributed by atoms with E-state index in [4.69, 9.17) is 9.26 Å². The highest BCUT2D eigenvalue weighted by molar-refractivity contribution is 5.95. The van der Waals surface area contributed by atoms with Crippen LogP contribution < -0.4 is 5.32 Å². The Morgan fingerprint density at radius 2 is 1.78 bits per heavy atom. The second-order valence-corrected chi connectivity index (χ2v) is 6.10. The lowest BCUT2D eigenvalue weighted by atomic mass is 10.00. The largest absolute Gasteiger partial charge is 0.452 e. The fourth-order valence-electron chi connectivity index (χ4n) is 2.67. The Balaban J connectivity index is 1.57. The van der Waals surface area contributed by atoms with E-state index < -0.39 is 18.5 Å². The molecule has 1 amide bonds. The van der Waals surface area contributed by atoms with E-state index in [0.29, 0.717) is 17.7 Å². The van der Waals surface area contributed by atoms with Gasteiger partial charge >= 0.3 is 5.97 Å². The van der Waals surface area contributed by atoms with Crippen LogP contribution in [-0.2, 0) is 22.4 Å². The maximum Gasteiger partial charge on any atom is 0.338 e. The Labute approximate surface area is 157 Å². The van der Waals surface area contributed by atoms with Crippen LogP contribution in [0.5, 0.6) is 0 Å². The Morgan fingerprint density at radius 1 is 1.04 bits per heavy atom. The molecule has 27 heavy (non-hydrogen) atoms. The highest BCUT2D eigenvalue weighted by atomic mass is 16.5. The Morgan fingerprint density at radius 3 is 2.52 bits per heavy atom. The van der Waals surface area contributed by atoms with Crippen LogP contribution in [0.4, 0.5) is 5.88 Å². The summed E-state index contributed by atoms with van der Waals surface area (Å²) in [5, 5.41) is 6.16. The van der Waals surface area contributed by atoms with Crippen molar-refractivity contribution < 1.29 is 18.8 Å². The molecule has 3 aromatic rings. The number of esters is 1. The van der Waals surface area contributed by atoms with Crippen molar-refractivity contribution >= 4 is 17.8 Å². The van der Waals surface area contributed by atoms with Crippen LogP contribution in [0.25, 0.3) is 0 Å². The number of rotatable bonds is 7. The highest BCUT2D eigenvalue weighted by Crippen LogP contribution is 2.14. The quantitative estimate of drug-likeness (QED) is 0.648. The van der Waals surface area contributed by atoms with Crippen molar-refractivity contribution in [3.8, 4) is 0 Å². The molecular formula is C21H20N2O4. The summed E-state index contributed by atoms with van der Waals surface area (Å²) in [4.78, 5) is 24.3. The van der Waals surface area contributed by atoms with Gasteiger partial charge in [0.25, 0.3) is 5.91 Å². The Hall–Kier alpha value is -3.41. The summed E-state index contributed by atoms with van der Waals surface area (Å²) < 4.78 is 10.0. The molecule has 0 saturated carbocycles. The molecule has 6 heteroatoms. The van der Waals surface area contributed by atoms with Crippen molar-refractivity contribution in [1.29, 1.82) is 0 Å². The number of ether oxygens (including phenoxy) is 1. The van der Waals surface area contributed by atoms with Crippen molar-refractivity contribution in [2.24, 2.45) is 0 Å². The van der Waals surface area contributed by atoms with E-state index in [1.807, 2.05) is 30.3 Å². The molecule has 0 aliphatic rings. The summed E-state index contributed by atoms with van der Waals surface area (Å²) >= 11 is 0. The smallest absolute Gasteiger partial charge is 0.338 e. The van der Waals surface area contributed by atoms with Crippen LogP contribution >= 0.6 is 0 Å². The van der Waals surface area contributed by atoms with Crippen molar-refractivity contribution in [2.75, 3.05) is 11.9 Å². The molecule has 0 aliphatic carbocycles. The van der Waals surface area contributed by atoms with Crippen LogP contribution in [0.1, 0.15) is 27.2 Å². The molecule has 138 valence electrons. The first kappa shape index (κ1) is 18.4. The van der Waals surface area contributed by atoms with Gasteiger partial charge in [0.1, 0.15) is 0 Å². The van der Waals surface area contributed by atoms with Crippen LogP contribution in [-0.4, -0.2) is 23.6 Å². The van der Waals surface area contributed by atoms with Gasteiger partial charge in [-0.2, -0.15) is 0 Å². The monoisotopic (exact) mass is 364 g/mol. The van der Waals surface area contributed by atoms with Crippen molar-refractivity contribution in [1.82, 2.24) is 5.16 Å². The second-order valence-electron chi connectivity index (χ2n) is 6.10. The van der Waals surface area contributed by atoms with Crippen LogP contribution in [0.15, 0.2) is 65.2 Å². The van der Waals surface area contributed by atoms with Gasteiger partial charge in [-0.3, -0.25) is 10.1 Å². The third-order valence-electron chi connectivity index (χ3n) is 3.99. The van der Waals surface area contributed by atoms with E-state index in [1.165, 1.54) is 5.56 Å². The minimum Gasteiger partial charge on any atom is -0.452 e. The Kier molecular flexibility index (Phi) is 5.99. The summed E-state index contributed by atoms with van der Waals surface area (Å²) in [5.74, 6) is -0.791. The van der Waals surface area contributed by atoms with Gasteiger partial charge < -0.3 is 9.26 Å². The van der Waals surface area contributed by atoms with Gasteiger partial charge in [0.15, 0.2) is 6.61 Å². The summed E-state index contributed by atoms with van der Waals surface area (Å²) in [6.07, 6.45) is 1.52. The van der Waals surface area contributed by atoms with Gasteiger partial charge in [0.2, 0.25) is 5.88 Å². The predicted octanol–water partition coefficient (Wildman–Crippen LogP) is 3.56. The molecule has 1 heterocycles. The van der Waals surface area contributed by atoms with Crippen LogP contribution in [0.2, 0.25) is 0 Å².